The van der Waals surface area contributed by atoms with E-state index in [9.17, 15) is 4.79 Å². The van der Waals surface area contributed by atoms with Crippen LogP contribution in [0.15, 0.2) is 12.1 Å². The number of pyridine rings is 1. The molecule has 17 heavy (non-hydrogen) atoms. The Balaban J connectivity index is 2.85. The largest absolute Gasteiger partial charge is 0.707 e. The van der Waals surface area contributed by atoms with E-state index in [0.29, 0.717) is 5.69 Å². The third-order valence-corrected chi connectivity index (χ3v) is 1.92. The van der Waals surface area contributed by atoms with Crippen molar-refractivity contribution < 1.29 is 19.5 Å². The summed E-state index contributed by atoms with van der Waals surface area (Å²) in [5.41, 5.74) is 0.672. The Morgan fingerprint density at radius 2 is 2.12 bits per heavy atom. The van der Waals surface area contributed by atoms with Crippen molar-refractivity contribution in [3.8, 4) is 5.75 Å². The predicted molar refractivity (Wildman–Crippen MR) is 62.4 cm³/mol. The number of rotatable bonds is 4. The summed E-state index contributed by atoms with van der Waals surface area (Å²) in [6.07, 6.45) is 0. The Bertz CT molecular complexity index is 409. The standard InChI is InChI=1S/C10H15BN2O4/c1-6(2)12-10(14)8-4-5-9(7(3)13-8)17-11(15)16/h4-6,15-16H,1-3H3,(H,12,14). The van der Waals surface area contributed by atoms with E-state index in [0.717, 1.165) is 0 Å². The van der Waals surface area contributed by atoms with E-state index in [1.807, 2.05) is 13.8 Å². The van der Waals surface area contributed by atoms with Gasteiger partial charge in [-0.3, -0.25) is 4.79 Å². The van der Waals surface area contributed by atoms with Gasteiger partial charge in [-0.2, -0.15) is 0 Å². The van der Waals surface area contributed by atoms with Crippen LogP contribution >= 0.6 is 0 Å². The molecule has 92 valence electrons. The number of hydrogen-bond donors (Lipinski definition) is 3. The van der Waals surface area contributed by atoms with E-state index < -0.39 is 7.32 Å². The molecule has 1 amide bonds. The topological polar surface area (TPSA) is 91.7 Å². The molecule has 1 rings (SSSR count). The van der Waals surface area contributed by atoms with Crippen LogP contribution in [0, 0.1) is 6.92 Å². The van der Waals surface area contributed by atoms with Crippen molar-refractivity contribution in [2.75, 3.05) is 0 Å². The van der Waals surface area contributed by atoms with Crippen LogP contribution < -0.4 is 9.97 Å². The van der Waals surface area contributed by atoms with Crippen molar-refractivity contribution in [2.45, 2.75) is 26.8 Å². The first-order chi connectivity index (χ1) is 7.90. The molecule has 0 aliphatic heterocycles. The highest BCUT2D eigenvalue weighted by atomic mass is 16.6. The molecule has 0 saturated carbocycles. The van der Waals surface area contributed by atoms with Crippen molar-refractivity contribution in [3.63, 3.8) is 0 Å². The lowest BCUT2D eigenvalue weighted by atomic mass is 10.2. The van der Waals surface area contributed by atoms with Crippen molar-refractivity contribution in [3.05, 3.63) is 23.5 Å². The van der Waals surface area contributed by atoms with E-state index in [2.05, 4.69) is 15.0 Å². The molecule has 7 heteroatoms. The van der Waals surface area contributed by atoms with Gasteiger partial charge in [0.2, 0.25) is 0 Å². The molecule has 0 radical (unpaired) electrons. The molecule has 0 unspecified atom stereocenters. The van der Waals surface area contributed by atoms with Gasteiger partial charge in [-0.05, 0) is 32.9 Å². The van der Waals surface area contributed by atoms with Crippen molar-refractivity contribution >= 4 is 13.2 Å². The van der Waals surface area contributed by atoms with Crippen LogP contribution in [-0.2, 0) is 0 Å². The summed E-state index contributed by atoms with van der Waals surface area (Å²) >= 11 is 0. The average molecular weight is 238 g/mol. The summed E-state index contributed by atoms with van der Waals surface area (Å²) < 4.78 is 4.68. The maximum absolute atomic E-state index is 11.6. The van der Waals surface area contributed by atoms with Crippen LogP contribution in [0.25, 0.3) is 0 Å². The quantitative estimate of drug-likeness (QED) is 0.636. The van der Waals surface area contributed by atoms with Gasteiger partial charge < -0.3 is 20.0 Å². The van der Waals surface area contributed by atoms with Gasteiger partial charge in [-0.15, -0.1) is 0 Å². The lowest BCUT2D eigenvalue weighted by Gasteiger charge is -2.10. The van der Waals surface area contributed by atoms with Gasteiger partial charge >= 0.3 is 7.32 Å². The number of carbonyl (C=O) groups is 1. The van der Waals surface area contributed by atoms with Gasteiger partial charge in [-0.1, -0.05) is 0 Å². The van der Waals surface area contributed by atoms with Gasteiger partial charge in [0.05, 0.1) is 5.69 Å². The third-order valence-electron chi connectivity index (χ3n) is 1.92. The van der Waals surface area contributed by atoms with Crippen LogP contribution in [0.5, 0.6) is 5.75 Å². The summed E-state index contributed by atoms with van der Waals surface area (Å²) in [5.74, 6) is -0.0553. The van der Waals surface area contributed by atoms with Gasteiger partial charge in [0.15, 0.2) is 0 Å². The van der Waals surface area contributed by atoms with Crippen LogP contribution in [0.1, 0.15) is 30.0 Å². The number of hydrogen-bond acceptors (Lipinski definition) is 5. The van der Waals surface area contributed by atoms with Gasteiger partial charge in [0.1, 0.15) is 11.4 Å². The number of aromatic nitrogens is 1. The summed E-state index contributed by atoms with van der Waals surface area (Å²) in [5, 5.41) is 20.0. The number of nitrogens with zero attached hydrogens (tertiary/aromatic N) is 1. The molecule has 3 N–H and O–H groups in total. The smallest absolute Gasteiger partial charge is 0.510 e. The first kappa shape index (κ1) is 13.5. The van der Waals surface area contributed by atoms with E-state index in [4.69, 9.17) is 10.0 Å². The summed E-state index contributed by atoms with van der Waals surface area (Å²) in [6.45, 7) is 5.32. The molecule has 1 heterocycles. The summed E-state index contributed by atoms with van der Waals surface area (Å²) in [6, 6.07) is 2.96. The lowest BCUT2D eigenvalue weighted by Crippen LogP contribution is -2.31. The lowest BCUT2D eigenvalue weighted by molar-refractivity contribution is 0.0938. The zero-order valence-electron chi connectivity index (χ0n) is 9.97. The molecular weight excluding hydrogens is 223 g/mol. The maximum Gasteiger partial charge on any atom is 0.707 e. The number of nitrogens with one attached hydrogen (secondary N) is 1. The van der Waals surface area contributed by atoms with Crippen LogP contribution in [0.3, 0.4) is 0 Å². The van der Waals surface area contributed by atoms with Gasteiger partial charge in [0, 0.05) is 6.04 Å². The molecule has 0 fully saturated rings. The van der Waals surface area contributed by atoms with Gasteiger partial charge in [-0.25, -0.2) is 4.98 Å². The van der Waals surface area contributed by atoms with Gasteiger partial charge in [0.25, 0.3) is 5.91 Å². The fourth-order valence-corrected chi connectivity index (χ4v) is 1.25. The van der Waals surface area contributed by atoms with E-state index in [-0.39, 0.29) is 23.4 Å². The molecule has 0 bridgehead atoms. The first-order valence-electron chi connectivity index (χ1n) is 5.21. The Kier molecular flexibility index (Phi) is 4.48. The Morgan fingerprint density at radius 1 is 1.47 bits per heavy atom. The van der Waals surface area contributed by atoms with E-state index in [1.165, 1.54) is 12.1 Å². The fraction of sp³-hybridized carbons (Fsp3) is 0.400. The zero-order valence-corrected chi connectivity index (χ0v) is 9.97. The number of amides is 1. The molecule has 0 aliphatic rings. The third kappa shape index (κ3) is 4.05. The monoisotopic (exact) mass is 238 g/mol. The molecule has 0 aromatic carbocycles. The molecule has 1 aromatic rings. The van der Waals surface area contributed by atoms with E-state index >= 15 is 0 Å². The van der Waals surface area contributed by atoms with Crippen LogP contribution in [-0.4, -0.2) is 34.3 Å². The molecule has 0 spiro atoms. The predicted octanol–water partition coefficient (Wildman–Crippen LogP) is -0.123. The number of aryl methyl sites for hydroxylation is 1. The Labute approximate surface area is 99.8 Å². The normalized spacial score (nSPS) is 10.2. The first-order valence-corrected chi connectivity index (χ1v) is 5.21. The van der Waals surface area contributed by atoms with Crippen molar-refractivity contribution in [2.24, 2.45) is 0 Å². The molecule has 0 aliphatic carbocycles. The fourth-order valence-electron chi connectivity index (χ4n) is 1.25. The highest BCUT2D eigenvalue weighted by Gasteiger charge is 2.15. The minimum atomic E-state index is -1.90. The SMILES string of the molecule is Cc1nc(C(=O)NC(C)C)ccc1OB(O)O. The second kappa shape index (κ2) is 5.65. The highest BCUT2D eigenvalue weighted by Crippen LogP contribution is 2.16. The maximum atomic E-state index is 11.6. The molecular formula is C10H15BN2O4. The van der Waals surface area contributed by atoms with Crippen LogP contribution in [0.4, 0.5) is 0 Å². The second-order valence-corrected chi connectivity index (χ2v) is 3.85. The van der Waals surface area contributed by atoms with Crippen molar-refractivity contribution in [1.82, 2.24) is 10.3 Å². The molecule has 6 nitrogen and oxygen atoms in total. The van der Waals surface area contributed by atoms with Crippen LogP contribution in [0.2, 0.25) is 0 Å². The minimum absolute atomic E-state index is 0.0276. The summed E-state index contributed by atoms with van der Waals surface area (Å²) in [7, 11) is -1.90. The van der Waals surface area contributed by atoms with Crippen molar-refractivity contribution in [1.29, 1.82) is 0 Å². The summed E-state index contributed by atoms with van der Waals surface area (Å²) in [4.78, 5) is 15.6. The minimum Gasteiger partial charge on any atom is -0.510 e. The second-order valence-electron chi connectivity index (χ2n) is 3.85. The average Bonchev–Trinajstić information content (AvgIpc) is 2.19. The number of carbonyl (C=O) groups excluding carboxylic acids is 1. The Morgan fingerprint density at radius 3 is 2.59 bits per heavy atom. The molecule has 1 aromatic heterocycles. The van der Waals surface area contributed by atoms with E-state index in [1.54, 1.807) is 6.92 Å². The Hall–Kier alpha value is -1.60. The zero-order chi connectivity index (χ0) is 13.0. The molecule has 0 atom stereocenters. The molecule has 0 saturated heterocycles. The highest BCUT2D eigenvalue weighted by molar-refractivity contribution is 6.33.